The minimum atomic E-state index is -0.233. The minimum absolute atomic E-state index is 0. The van der Waals surface area contributed by atoms with Gasteiger partial charge in [0.2, 0.25) is 0 Å². The van der Waals surface area contributed by atoms with Gasteiger partial charge >= 0.3 is 0 Å². The molecule has 0 radical (unpaired) electrons. The van der Waals surface area contributed by atoms with Crippen LogP contribution >= 0.6 is 12.4 Å². The maximum atomic E-state index is 12.1. The highest BCUT2D eigenvalue weighted by molar-refractivity contribution is 6.03. The number of anilines is 1. The molecule has 0 aromatic carbocycles. The van der Waals surface area contributed by atoms with Gasteiger partial charge in [0.05, 0.1) is 17.8 Å². The molecule has 0 spiro atoms. The molecule has 2 heterocycles. The minimum Gasteiger partial charge on any atom is -0.467 e. The summed E-state index contributed by atoms with van der Waals surface area (Å²) in [5, 5.41) is 7.25. The lowest BCUT2D eigenvalue weighted by molar-refractivity contribution is 0.102. The fourth-order valence-corrected chi connectivity index (χ4v) is 2.07. The maximum Gasteiger partial charge on any atom is 0.260 e. The molecule has 0 aliphatic rings. The lowest BCUT2D eigenvalue weighted by Crippen LogP contribution is -2.13. The Hall–Kier alpha value is -1.79. The molecule has 0 unspecified atom stereocenters. The summed E-state index contributed by atoms with van der Waals surface area (Å²) >= 11 is 0. The Morgan fingerprint density at radius 2 is 2.09 bits per heavy atom. The van der Waals surface area contributed by atoms with Crippen molar-refractivity contribution in [1.82, 2.24) is 9.78 Å². The van der Waals surface area contributed by atoms with Crippen LogP contribution in [0.5, 0.6) is 0 Å². The molecule has 122 valence electrons. The Morgan fingerprint density at radius 3 is 2.64 bits per heavy atom. The monoisotopic (exact) mass is 326 g/mol. The number of halogens is 1. The van der Waals surface area contributed by atoms with Gasteiger partial charge in [0.1, 0.15) is 17.8 Å². The van der Waals surface area contributed by atoms with E-state index in [0.29, 0.717) is 17.1 Å². The first-order valence-electron chi connectivity index (χ1n) is 6.90. The number of amides is 1. The molecule has 3 N–H and O–H groups in total. The third-order valence-electron chi connectivity index (χ3n) is 3.00. The average Bonchev–Trinajstić information content (AvgIpc) is 2.95. The second-order valence-corrected chi connectivity index (χ2v) is 6.34. The molecule has 2 rings (SSSR count). The summed E-state index contributed by atoms with van der Waals surface area (Å²) in [6, 6.07) is 3.54. The number of carbonyl (C=O) groups is 1. The summed E-state index contributed by atoms with van der Waals surface area (Å²) in [5.41, 5.74) is 7.02. The molecule has 0 saturated heterocycles. The number of hydrogen-bond acceptors (Lipinski definition) is 4. The first-order chi connectivity index (χ1) is 9.78. The lowest BCUT2D eigenvalue weighted by atomic mass is 9.91. The molecule has 2 aromatic rings. The van der Waals surface area contributed by atoms with Gasteiger partial charge in [-0.15, -0.1) is 12.4 Å². The van der Waals surface area contributed by atoms with Crippen molar-refractivity contribution in [2.24, 2.45) is 18.2 Å². The summed E-state index contributed by atoms with van der Waals surface area (Å²) in [4.78, 5) is 12.1. The third kappa shape index (κ3) is 4.61. The molecule has 6 nitrogen and oxygen atoms in total. The molecule has 0 fully saturated rings. The van der Waals surface area contributed by atoms with Crippen LogP contribution in [0, 0.1) is 5.41 Å². The zero-order valence-corrected chi connectivity index (χ0v) is 14.2. The van der Waals surface area contributed by atoms with Crippen LogP contribution in [-0.4, -0.2) is 15.7 Å². The van der Waals surface area contributed by atoms with Crippen LogP contribution < -0.4 is 11.1 Å². The smallest absolute Gasteiger partial charge is 0.260 e. The van der Waals surface area contributed by atoms with E-state index in [1.54, 1.807) is 10.7 Å². The largest absolute Gasteiger partial charge is 0.467 e. The highest BCUT2D eigenvalue weighted by Crippen LogP contribution is 2.22. The molecule has 0 aliphatic carbocycles. The predicted molar refractivity (Wildman–Crippen MR) is 88.2 cm³/mol. The fraction of sp³-hybridized carbons (Fsp3) is 0.467. The number of aryl methyl sites for hydroxylation is 1. The number of carbonyl (C=O) groups excluding carboxylic acids is 1. The van der Waals surface area contributed by atoms with Gasteiger partial charge in [0.15, 0.2) is 0 Å². The van der Waals surface area contributed by atoms with Crippen LogP contribution in [0.15, 0.2) is 22.8 Å². The Kier molecular flexibility index (Phi) is 5.79. The van der Waals surface area contributed by atoms with E-state index < -0.39 is 0 Å². The van der Waals surface area contributed by atoms with E-state index in [1.165, 1.54) is 6.26 Å². The number of rotatable bonds is 4. The van der Waals surface area contributed by atoms with Crippen molar-refractivity contribution in [1.29, 1.82) is 0 Å². The summed E-state index contributed by atoms with van der Waals surface area (Å²) in [6.07, 6.45) is 2.25. The Bertz CT molecular complexity index is 640. The molecule has 0 bridgehead atoms. The topological polar surface area (TPSA) is 86.1 Å². The summed E-state index contributed by atoms with van der Waals surface area (Å²) < 4.78 is 6.84. The van der Waals surface area contributed by atoms with Gasteiger partial charge in [0, 0.05) is 13.1 Å². The Balaban J connectivity index is 0.00000242. The Labute approximate surface area is 136 Å². The number of nitrogens with zero attached hydrogens (tertiary/aromatic N) is 2. The predicted octanol–water partition coefficient (Wildman–Crippen LogP) is 2.73. The van der Waals surface area contributed by atoms with Crippen LogP contribution in [0.25, 0.3) is 0 Å². The molecule has 2 aromatic heterocycles. The first-order valence-corrected chi connectivity index (χ1v) is 6.90. The number of hydrogen-bond donors (Lipinski definition) is 2. The molecular weight excluding hydrogens is 304 g/mol. The Morgan fingerprint density at radius 1 is 1.41 bits per heavy atom. The number of nitrogens with two attached hydrogens (primary N) is 1. The second-order valence-electron chi connectivity index (χ2n) is 6.34. The van der Waals surface area contributed by atoms with E-state index in [4.69, 9.17) is 10.2 Å². The van der Waals surface area contributed by atoms with Gasteiger partial charge in [-0.2, -0.15) is 5.10 Å². The second kappa shape index (κ2) is 6.98. The average molecular weight is 327 g/mol. The number of aromatic nitrogens is 2. The van der Waals surface area contributed by atoms with Crippen molar-refractivity contribution in [3.05, 3.63) is 35.4 Å². The summed E-state index contributed by atoms with van der Waals surface area (Å²) in [6.45, 7) is 6.73. The number of furan rings is 1. The van der Waals surface area contributed by atoms with Gasteiger partial charge in [0.25, 0.3) is 5.91 Å². The quantitative estimate of drug-likeness (QED) is 0.904. The molecule has 0 aliphatic heterocycles. The van der Waals surface area contributed by atoms with Crippen LogP contribution in [0.1, 0.15) is 42.6 Å². The van der Waals surface area contributed by atoms with E-state index in [1.807, 2.05) is 13.1 Å². The lowest BCUT2D eigenvalue weighted by Gasteiger charge is -2.15. The maximum absolute atomic E-state index is 12.1. The van der Waals surface area contributed by atoms with Gasteiger partial charge in [-0.05, 0) is 17.9 Å². The van der Waals surface area contributed by atoms with E-state index in [0.717, 1.165) is 12.1 Å². The normalized spacial score (nSPS) is 11.1. The van der Waals surface area contributed by atoms with Crippen LogP contribution in [-0.2, 0) is 20.0 Å². The van der Waals surface area contributed by atoms with Crippen molar-refractivity contribution in [3.8, 4) is 0 Å². The van der Waals surface area contributed by atoms with E-state index >= 15 is 0 Å². The van der Waals surface area contributed by atoms with Gasteiger partial charge in [-0.1, -0.05) is 20.8 Å². The van der Waals surface area contributed by atoms with E-state index in [2.05, 4.69) is 31.2 Å². The first kappa shape index (κ1) is 18.3. The van der Waals surface area contributed by atoms with Crippen molar-refractivity contribution >= 4 is 24.1 Å². The van der Waals surface area contributed by atoms with Crippen LogP contribution in [0.4, 0.5) is 5.82 Å². The molecular formula is C15H23ClN4O2. The molecule has 0 saturated carbocycles. The molecule has 0 atom stereocenters. The fourth-order valence-electron chi connectivity index (χ4n) is 2.07. The van der Waals surface area contributed by atoms with Crippen LogP contribution in [0.2, 0.25) is 0 Å². The highest BCUT2D eigenvalue weighted by Gasteiger charge is 2.17. The molecule has 22 heavy (non-hydrogen) atoms. The molecule has 1 amide bonds. The molecule has 7 heteroatoms. The standard InChI is InChI=1S/C15H22N4O2.ClH/c1-15(2,3)7-11-6-13(19(4)18-11)17-14(20)10-5-12(8-16)21-9-10;/h5-6,9H,7-8,16H2,1-4H3,(H,17,20);1H. The van der Waals surface area contributed by atoms with Gasteiger partial charge in [-0.3, -0.25) is 9.48 Å². The summed E-state index contributed by atoms with van der Waals surface area (Å²) in [5.74, 6) is 1.01. The van der Waals surface area contributed by atoms with E-state index in [9.17, 15) is 4.79 Å². The zero-order chi connectivity index (χ0) is 15.6. The van der Waals surface area contributed by atoms with Crippen molar-refractivity contribution in [2.45, 2.75) is 33.7 Å². The zero-order valence-electron chi connectivity index (χ0n) is 13.3. The van der Waals surface area contributed by atoms with Crippen molar-refractivity contribution < 1.29 is 9.21 Å². The van der Waals surface area contributed by atoms with Crippen LogP contribution in [0.3, 0.4) is 0 Å². The van der Waals surface area contributed by atoms with E-state index in [-0.39, 0.29) is 30.3 Å². The number of nitrogens with one attached hydrogen (secondary N) is 1. The van der Waals surface area contributed by atoms with Gasteiger partial charge in [-0.25, -0.2) is 0 Å². The van der Waals surface area contributed by atoms with Crippen molar-refractivity contribution in [3.63, 3.8) is 0 Å². The van der Waals surface area contributed by atoms with Gasteiger partial charge < -0.3 is 15.5 Å². The SMILES string of the molecule is Cl.Cn1nc(CC(C)(C)C)cc1NC(=O)c1coc(CN)c1. The highest BCUT2D eigenvalue weighted by atomic mass is 35.5. The van der Waals surface area contributed by atoms with Crippen molar-refractivity contribution in [2.75, 3.05) is 5.32 Å². The third-order valence-corrected chi connectivity index (χ3v) is 3.00. The summed E-state index contributed by atoms with van der Waals surface area (Å²) in [7, 11) is 1.81.